The number of hydrogen-bond donors (Lipinski definition) is 4. The summed E-state index contributed by atoms with van der Waals surface area (Å²) >= 11 is 5.60. The van der Waals surface area contributed by atoms with Gasteiger partial charge in [0.15, 0.2) is 5.11 Å². The van der Waals surface area contributed by atoms with E-state index in [-0.39, 0.29) is 14.6 Å². The van der Waals surface area contributed by atoms with Gasteiger partial charge in [0.1, 0.15) is 0 Å². The third-order valence-corrected chi connectivity index (χ3v) is 4.48. The van der Waals surface area contributed by atoms with Gasteiger partial charge in [-0.1, -0.05) is 29.5 Å². The van der Waals surface area contributed by atoms with Gasteiger partial charge in [0.05, 0.1) is 0 Å². The minimum Gasteiger partial charge on any atom is -0.308 e. The first-order valence-corrected chi connectivity index (χ1v) is 8.42. The summed E-state index contributed by atoms with van der Waals surface area (Å²) in [5.74, 6) is 0. The molecule has 116 valence electrons. The molecule has 1 aromatic carbocycles. The number of nitrogens with one attached hydrogen (secondary N) is 3. The van der Waals surface area contributed by atoms with E-state index in [2.05, 4.69) is 26.1 Å². The minimum atomic E-state index is -3.92. The van der Waals surface area contributed by atoms with Gasteiger partial charge in [-0.2, -0.15) is 0 Å². The van der Waals surface area contributed by atoms with Crippen LogP contribution in [0.4, 0.5) is 15.6 Å². The number of rotatable bonds is 3. The van der Waals surface area contributed by atoms with Crippen molar-refractivity contribution in [3.63, 3.8) is 0 Å². The first kappa shape index (κ1) is 16.2. The maximum atomic E-state index is 11.7. The molecule has 0 radical (unpaired) electrons. The number of anilines is 2. The van der Waals surface area contributed by atoms with Crippen LogP contribution in [-0.4, -0.2) is 29.8 Å². The summed E-state index contributed by atoms with van der Waals surface area (Å²) in [6.07, 6.45) is 0. The molecule has 0 atom stereocenters. The topological polar surface area (TPSA) is 139 Å². The van der Waals surface area contributed by atoms with Crippen LogP contribution in [0.2, 0.25) is 0 Å². The molecule has 0 saturated heterocycles. The predicted molar refractivity (Wildman–Crippen MR) is 86.1 cm³/mol. The van der Waals surface area contributed by atoms with Gasteiger partial charge in [0.25, 0.3) is 10.0 Å². The Labute approximate surface area is 135 Å². The lowest BCUT2D eigenvalue weighted by atomic mass is 10.3. The third-order valence-electron chi connectivity index (χ3n) is 2.13. The Bertz CT molecular complexity index is 789. The number of nitrogens with two attached hydrogens (primary N) is 1. The molecule has 0 aliphatic carbocycles. The average molecular weight is 358 g/mol. The van der Waals surface area contributed by atoms with E-state index in [9.17, 15) is 13.2 Å². The number of carbonyl (C=O) groups excluding carboxylic acids is 1. The van der Waals surface area contributed by atoms with Crippen LogP contribution >= 0.6 is 23.6 Å². The quantitative estimate of drug-likeness (QED) is 0.592. The summed E-state index contributed by atoms with van der Waals surface area (Å²) in [5.41, 5.74) is 0.593. The van der Waals surface area contributed by atoms with Crippen molar-refractivity contribution in [2.24, 2.45) is 5.14 Å². The molecule has 0 spiro atoms. The smallest absolute Gasteiger partial charge is 0.308 e. The van der Waals surface area contributed by atoms with E-state index < -0.39 is 16.1 Å². The average Bonchev–Trinajstić information content (AvgIpc) is 2.87. The zero-order valence-electron chi connectivity index (χ0n) is 10.8. The lowest BCUT2D eigenvalue weighted by Gasteiger charge is -2.08. The highest BCUT2D eigenvalue weighted by atomic mass is 32.2. The molecule has 9 nitrogen and oxygen atoms in total. The largest absolute Gasteiger partial charge is 0.325 e. The van der Waals surface area contributed by atoms with Crippen molar-refractivity contribution in [1.29, 1.82) is 0 Å². The molecule has 0 unspecified atom stereocenters. The summed E-state index contributed by atoms with van der Waals surface area (Å²) < 4.78 is 21.8. The fraction of sp³-hybridized carbons (Fsp3) is 0. The van der Waals surface area contributed by atoms with Crippen molar-refractivity contribution in [3.8, 4) is 0 Å². The minimum absolute atomic E-state index is 0.0643. The molecular formula is C10H10N6O3S3. The Morgan fingerprint density at radius 3 is 2.45 bits per heavy atom. The third kappa shape index (κ3) is 4.70. The standard InChI is InChI=1S/C10H10N6O3S3/c11-22(18,19)10-16-15-9(21-10)14-8(20)13-7(17)12-6-4-2-1-3-5-6/h1-5H,(H2,11,18,19)(H3,12,13,14,15,17,20). The molecule has 5 N–H and O–H groups in total. The SMILES string of the molecule is NS(=O)(=O)c1nnc(NC(=S)NC(=O)Nc2ccccc2)s1. The molecule has 0 aliphatic heterocycles. The van der Waals surface area contributed by atoms with E-state index in [1.54, 1.807) is 24.3 Å². The van der Waals surface area contributed by atoms with Crippen LogP contribution in [0, 0.1) is 0 Å². The molecule has 2 amide bonds. The Morgan fingerprint density at radius 2 is 1.86 bits per heavy atom. The molecule has 1 heterocycles. The maximum Gasteiger partial charge on any atom is 0.325 e. The highest BCUT2D eigenvalue weighted by molar-refractivity contribution is 7.91. The second kappa shape index (κ2) is 6.74. The molecule has 2 aromatic rings. The van der Waals surface area contributed by atoms with Crippen LogP contribution in [0.3, 0.4) is 0 Å². The van der Waals surface area contributed by atoms with Crippen molar-refractivity contribution >= 4 is 55.5 Å². The number of aromatic nitrogens is 2. The lowest BCUT2D eigenvalue weighted by molar-refractivity contribution is 0.256. The van der Waals surface area contributed by atoms with Gasteiger partial charge in [0, 0.05) is 5.69 Å². The van der Waals surface area contributed by atoms with E-state index in [4.69, 9.17) is 17.4 Å². The van der Waals surface area contributed by atoms with Crippen molar-refractivity contribution in [3.05, 3.63) is 30.3 Å². The van der Waals surface area contributed by atoms with Crippen molar-refractivity contribution < 1.29 is 13.2 Å². The molecule has 0 bridgehead atoms. The highest BCUT2D eigenvalue weighted by Crippen LogP contribution is 2.18. The van der Waals surface area contributed by atoms with Crippen LogP contribution < -0.4 is 21.1 Å². The molecule has 0 fully saturated rings. The summed E-state index contributed by atoms with van der Waals surface area (Å²) in [4.78, 5) is 11.7. The Kier molecular flexibility index (Phi) is 4.97. The van der Waals surface area contributed by atoms with E-state index in [0.29, 0.717) is 17.0 Å². The van der Waals surface area contributed by atoms with Gasteiger partial charge in [-0.15, -0.1) is 10.2 Å². The number of benzene rings is 1. The fourth-order valence-electron chi connectivity index (χ4n) is 1.29. The van der Waals surface area contributed by atoms with Gasteiger partial charge in [-0.05, 0) is 24.4 Å². The molecule has 2 rings (SSSR count). The van der Waals surface area contributed by atoms with Crippen molar-refractivity contribution in [2.75, 3.05) is 10.6 Å². The number of nitrogens with zero attached hydrogens (tertiary/aromatic N) is 2. The van der Waals surface area contributed by atoms with Gasteiger partial charge in [0.2, 0.25) is 9.47 Å². The number of primary sulfonamides is 1. The Morgan fingerprint density at radius 1 is 1.18 bits per heavy atom. The molecule has 1 aromatic heterocycles. The number of hydrogen-bond acceptors (Lipinski definition) is 7. The van der Waals surface area contributed by atoms with Crippen LogP contribution in [0.25, 0.3) is 0 Å². The van der Waals surface area contributed by atoms with Gasteiger partial charge in [-0.25, -0.2) is 18.4 Å². The summed E-state index contributed by atoms with van der Waals surface area (Å²) in [7, 11) is -3.92. The van der Waals surface area contributed by atoms with Crippen LogP contribution in [0.1, 0.15) is 0 Å². The Hall–Kier alpha value is -2.15. The number of thiocarbonyl (C=S) groups is 1. The number of amides is 2. The second-order valence-electron chi connectivity index (χ2n) is 3.82. The van der Waals surface area contributed by atoms with E-state index in [0.717, 1.165) is 0 Å². The molecule has 0 aliphatic rings. The van der Waals surface area contributed by atoms with Crippen LogP contribution in [0.15, 0.2) is 34.7 Å². The molecular weight excluding hydrogens is 348 g/mol. The molecule has 0 saturated carbocycles. The van der Waals surface area contributed by atoms with Gasteiger partial charge in [-0.3, -0.25) is 5.32 Å². The molecule has 22 heavy (non-hydrogen) atoms. The zero-order valence-corrected chi connectivity index (χ0v) is 13.3. The summed E-state index contributed by atoms with van der Waals surface area (Å²) in [6.45, 7) is 0. The Balaban J connectivity index is 1.90. The van der Waals surface area contributed by atoms with Crippen LogP contribution in [0.5, 0.6) is 0 Å². The predicted octanol–water partition coefficient (Wildman–Crippen LogP) is 0.704. The summed E-state index contributed by atoms with van der Waals surface area (Å²) in [6, 6.07) is 8.20. The van der Waals surface area contributed by atoms with Crippen LogP contribution in [-0.2, 0) is 10.0 Å². The number of para-hydroxylation sites is 1. The van der Waals surface area contributed by atoms with E-state index >= 15 is 0 Å². The fourth-order valence-corrected chi connectivity index (χ4v) is 2.88. The molecule has 12 heteroatoms. The zero-order chi connectivity index (χ0) is 16.2. The van der Waals surface area contributed by atoms with E-state index in [1.807, 2.05) is 6.07 Å². The second-order valence-corrected chi connectivity index (χ2v) is 6.94. The van der Waals surface area contributed by atoms with Crippen molar-refractivity contribution in [2.45, 2.75) is 4.34 Å². The monoisotopic (exact) mass is 358 g/mol. The number of sulfonamides is 1. The lowest BCUT2D eigenvalue weighted by Crippen LogP contribution is -2.37. The van der Waals surface area contributed by atoms with Crippen molar-refractivity contribution in [1.82, 2.24) is 15.5 Å². The summed E-state index contributed by atoms with van der Waals surface area (Å²) in [5, 5.41) is 19.3. The maximum absolute atomic E-state index is 11.7. The normalized spacial score (nSPS) is 10.8. The highest BCUT2D eigenvalue weighted by Gasteiger charge is 2.16. The van der Waals surface area contributed by atoms with Gasteiger partial charge < -0.3 is 10.6 Å². The first-order chi connectivity index (χ1) is 10.3. The first-order valence-electron chi connectivity index (χ1n) is 5.65. The number of urea groups is 1. The van der Waals surface area contributed by atoms with E-state index in [1.165, 1.54) is 0 Å². The number of carbonyl (C=O) groups is 1. The van der Waals surface area contributed by atoms with Gasteiger partial charge >= 0.3 is 6.03 Å².